The van der Waals surface area contributed by atoms with E-state index in [4.69, 9.17) is 0 Å². The highest BCUT2D eigenvalue weighted by molar-refractivity contribution is 7.14. The smallest absolute Gasteiger partial charge is 0.266 e. The van der Waals surface area contributed by atoms with E-state index < -0.39 is 5.91 Å². The molecule has 2 amide bonds. The van der Waals surface area contributed by atoms with Crippen molar-refractivity contribution < 1.29 is 9.59 Å². The molecule has 1 aliphatic rings. The van der Waals surface area contributed by atoms with E-state index in [-0.39, 0.29) is 11.6 Å². The van der Waals surface area contributed by atoms with Crippen molar-refractivity contribution in [1.82, 2.24) is 20.8 Å². The number of carbonyl (C=O) groups excluding carboxylic acids is 2. The van der Waals surface area contributed by atoms with Gasteiger partial charge >= 0.3 is 0 Å². The minimum atomic E-state index is -0.487. The molecule has 120 valence electrons. The van der Waals surface area contributed by atoms with Crippen molar-refractivity contribution in [1.29, 1.82) is 0 Å². The van der Waals surface area contributed by atoms with Crippen molar-refractivity contribution in [3.63, 3.8) is 0 Å². The third-order valence-corrected chi connectivity index (χ3v) is 5.31. The third-order valence-electron chi connectivity index (χ3n) is 4.07. The Morgan fingerprint density at radius 1 is 1.30 bits per heavy atom. The fourth-order valence-corrected chi connectivity index (χ4v) is 3.82. The Kier molecular flexibility index (Phi) is 4.66. The van der Waals surface area contributed by atoms with Crippen LogP contribution in [0.15, 0.2) is 24.7 Å². The number of nitrogens with zero attached hydrogens (tertiary/aromatic N) is 2. The molecule has 1 atom stereocenters. The molecule has 0 bridgehead atoms. The van der Waals surface area contributed by atoms with Gasteiger partial charge < -0.3 is 0 Å². The second kappa shape index (κ2) is 6.87. The first kappa shape index (κ1) is 15.6. The van der Waals surface area contributed by atoms with Gasteiger partial charge in [-0.15, -0.1) is 11.3 Å². The molecule has 0 fully saturated rings. The van der Waals surface area contributed by atoms with Gasteiger partial charge in [-0.2, -0.15) is 0 Å². The number of hydrogen-bond donors (Lipinski definition) is 2. The average molecular weight is 330 g/mol. The van der Waals surface area contributed by atoms with Crippen LogP contribution in [0.4, 0.5) is 0 Å². The lowest BCUT2D eigenvalue weighted by atomic mass is 9.87. The lowest BCUT2D eigenvalue weighted by Gasteiger charge is -2.19. The zero-order valence-electron chi connectivity index (χ0n) is 12.8. The van der Waals surface area contributed by atoms with E-state index in [1.807, 2.05) is 6.07 Å². The topological polar surface area (TPSA) is 84.0 Å². The molecule has 23 heavy (non-hydrogen) atoms. The number of rotatable bonds is 3. The number of thiophene rings is 1. The van der Waals surface area contributed by atoms with E-state index >= 15 is 0 Å². The standard InChI is InChI=1S/C16H18N4O2S/c1-2-10-3-4-13-11(7-10)8-14(23-13)16(22)20-19-15(21)12-9-17-5-6-18-12/h5-6,8-10H,2-4,7H2,1H3,(H,19,21)(H,20,22)/t10-/m0/s1. The van der Waals surface area contributed by atoms with Crippen molar-refractivity contribution in [2.45, 2.75) is 32.6 Å². The molecule has 0 aromatic carbocycles. The highest BCUT2D eigenvalue weighted by atomic mass is 32.1. The van der Waals surface area contributed by atoms with Gasteiger partial charge in [-0.05, 0) is 36.8 Å². The van der Waals surface area contributed by atoms with Gasteiger partial charge in [0.25, 0.3) is 11.8 Å². The third kappa shape index (κ3) is 3.56. The zero-order valence-corrected chi connectivity index (χ0v) is 13.7. The summed E-state index contributed by atoms with van der Waals surface area (Å²) in [6, 6.07) is 1.95. The van der Waals surface area contributed by atoms with Gasteiger partial charge in [-0.25, -0.2) is 4.98 Å². The van der Waals surface area contributed by atoms with E-state index in [0.29, 0.717) is 10.8 Å². The summed E-state index contributed by atoms with van der Waals surface area (Å²) in [6.45, 7) is 2.21. The van der Waals surface area contributed by atoms with Crippen LogP contribution in [-0.2, 0) is 12.8 Å². The largest absolute Gasteiger partial charge is 0.289 e. The van der Waals surface area contributed by atoms with Crippen molar-refractivity contribution in [2.24, 2.45) is 5.92 Å². The number of hydrogen-bond acceptors (Lipinski definition) is 5. The molecular weight excluding hydrogens is 312 g/mol. The van der Waals surface area contributed by atoms with Crippen molar-refractivity contribution in [3.8, 4) is 0 Å². The normalized spacial score (nSPS) is 16.5. The Morgan fingerprint density at radius 2 is 2.13 bits per heavy atom. The molecule has 0 spiro atoms. The number of carbonyl (C=O) groups is 2. The number of hydrazine groups is 1. The van der Waals surface area contributed by atoms with Gasteiger partial charge in [0.15, 0.2) is 0 Å². The lowest BCUT2D eigenvalue weighted by molar-refractivity contribution is 0.0846. The van der Waals surface area contributed by atoms with Crippen LogP contribution in [0.5, 0.6) is 0 Å². The van der Waals surface area contributed by atoms with Crippen molar-refractivity contribution in [2.75, 3.05) is 0 Å². The Morgan fingerprint density at radius 3 is 2.87 bits per heavy atom. The molecule has 0 unspecified atom stereocenters. The molecule has 6 nitrogen and oxygen atoms in total. The molecule has 7 heteroatoms. The van der Waals surface area contributed by atoms with E-state index in [0.717, 1.165) is 12.8 Å². The van der Waals surface area contributed by atoms with Crippen LogP contribution in [0, 0.1) is 5.92 Å². The summed E-state index contributed by atoms with van der Waals surface area (Å²) in [5, 5.41) is 0. The Balaban J connectivity index is 1.61. The minimum Gasteiger partial charge on any atom is -0.266 e. The second-order valence-corrected chi connectivity index (χ2v) is 6.71. The molecular formula is C16H18N4O2S. The van der Waals surface area contributed by atoms with Gasteiger partial charge in [-0.3, -0.25) is 25.4 Å². The van der Waals surface area contributed by atoms with Gasteiger partial charge in [0.1, 0.15) is 5.69 Å². The molecule has 0 saturated heterocycles. The van der Waals surface area contributed by atoms with Gasteiger partial charge in [-0.1, -0.05) is 13.3 Å². The summed E-state index contributed by atoms with van der Waals surface area (Å²) in [5.41, 5.74) is 6.23. The fourth-order valence-electron chi connectivity index (χ4n) is 2.71. The number of aryl methyl sites for hydroxylation is 1. The molecule has 3 rings (SSSR count). The molecule has 2 N–H and O–H groups in total. The first-order chi connectivity index (χ1) is 11.2. The summed E-state index contributed by atoms with van der Waals surface area (Å²) in [5.74, 6) is -0.0714. The molecule has 2 heterocycles. The Hall–Kier alpha value is -2.28. The number of fused-ring (bicyclic) bond motifs is 1. The van der Waals surface area contributed by atoms with Gasteiger partial charge in [0, 0.05) is 17.3 Å². The maximum Gasteiger partial charge on any atom is 0.289 e. The van der Waals surface area contributed by atoms with E-state index in [1.54, 1.807) is 0 Å². The van der Waals surface area contributed by atoms with Crippen molar-refractivity contribution in [3.05, 3.63) is 45.7 Å². The minimum absolute atomic E-state index is 0.157. The quantitative estimate of drug-likeness (QED) is 0.845. The molecule has 0 saturated carbocycles. The first-order valence-electron chi connectivity index (χ1n) is 7.65. The SMILES string of the molecule is CC[C@H]1CCc2sc(C(=O)NNC(=O)c3cnccn3)cc2C1. The van der Waals surface area contributed by atoms with Crippen LogP contribution in [0.1, 0.15) is 50.4 Å². The predicted octanol–water partition coefficient (Wildman–Crippen LogP) is 2.13. The van der Waals surface area contributed by atoms with Crippen molar-refractivity contribution >= 4 is 23.2 Å². The Labute approximate surface area is 138 Å². The highest BCUT2D eigenvalue weighted by Crippen LogP contribution is 2.33. The van der Waals surface area contributed by atoms with E-state index in [9.17, 15) is 9.59 Å². The maximum absolute atomic E-state index is 12.2. The zero-order chi connectivity index (χ0) is 16.2. The van der Waals surface area contributed by atoms with E-state index in [2.05, 4.69) is 27.7 Å². The van der Waals surface area contributed by atoms with Crippen LogP contribution in [0.3, 0.4) is 0 Å². The summed E-state index contributed by atoms with van der Waals surface area (Å²) in [7, 11) is 0. The van der Waals surface area contributed by atoms with Crippen LogP contribution >= 0.6 is 11.3 Å². The monoisotopic (exact) mass is 330 g/mol. The maximum atomic E-state index is 12.2. The van der Waals surface area contributed by atoms with Crippen LogP contribution in [0.2, 0.25) is 0 Å². The van der Waals surface area contributed by atoms with Gasteiger partial charge in [0.05, 0.1) is 11.1 Å². The summed E-state index contributed by atoms with van der Waals surface area (Å²) >= 11 is 1.51. The number of aromatic nitrogens is 2. The summed E-state index contributed by atoms with van der Waals surface area (Å²) in [6.07, 6.45) is 8.69. The molecule has 0 radical (unpaired) electrons. The van der Waals surface area contributed by atoms with E-state index in [1.165, 1.54) is 53.2 Å². The Bertz CT molecular complexity index is 714. The molecule has 2 aromatic rings. The number of amides is 2. The first-order valence-corrected chi connectivity index (χ1v) is 8.47. The van der Waals surface area contributed by atoms with Gasteiger partial charge in [0.2, 0.25) is 0 Å². The lowest BCUT2D eigenvalue weighted by Crippen LogP contribution is -2.41. The average Bonchev–Trinajstić information content (AvgIpc) is 3.03. The number of nitrogens with one attached hydrogen (secondary N) is 2. The van der Waals surface area contributed by atoms with Crippen LogP contribution in [-0.4, -0.2) is 21.8 Å². The molecule has 1 aliphatic carbocycles. The van der Waals surface area contributed by atoms with Crippen LogP contribution < -0.4 is 10.9 Å². The summed E-state index contributed by atoms with van der Waals surface area (Å²) in [4.78, 5) is 33.6. The summed E-state index contributed by atoms with van der Waals surface area (Å²) < 4.78 is 0. The second-order valence-electron chi connectivity index (χ2n) is 5.58. The predicted molar refractivity (Wildman–Crippen MR) is 87.1 cm³/mol. The van der Waals surface area contributed by atoms with Crippen LogP contribution in [0.25, 0.3) is 0 Å². The fraction of sp³-hybridized carbons (Fsp3) is 0.375. The molecule has 0 aliphatic heterocycles. The molecule has 2 aromatic heterocycles. The highest BCUT2D eigenvalue weighted by Gasteiger charge is 2.22.